The molecule has 1 aliphatic rings. The van der Waals surface area contributed by atoms with Gasteiger partial charge in [0.15, 0.2) is 0 Å². The van der Waals surface area contributed by atoms with Gasteiger partial charge in [0.05, 0.1) is 11.3 Å². The molecule has 0 saturated carbocycles. The maximum absolute atomic E-state index is 12.8. The van der Waals surface area contributed by atoms with Gasteiger partial charge in [0.25, 0.3) is 5.56 Å². The average Bonchev–Trinajstić information content (AvgIpc) is 2.82. The number of H-pyrrole nitrogens is 1. The molecule has 0 amide bonds. The molecule has 1 aromatic heterocycles. The van der Waals surface area contributed by atoms with Crippen LogP contribution in [0, 0.1) is 0 Å². The number of benzene rings is 3. The normalized spacial score (nSPS) is 13.5. The minimum absolute atomic E-state index is 0.0729. The van der Waals surface area contributed by atoms with E-state index in [1.165, 1.54) is 5.56 Å². The molecule has 0 aliphatic carbocycles. The van der Waals surface area contributed by atoms with Gasteiger partial charge in [-0.3, -0.25) is 9.69 Å². The van der Waals surface area contributed by atoms with E-state index in [1.807, 2.05) is 54.6 Å². The third kappa shape index (κ3) is 4.59. The smallest absolute Gasteiger partial charge is 0.255 e. The number of hydrogen-bond donors (Lipinski definition) is 1. The number of ether oxygens (including phenoxy) is 1. The second-order valence-electron chi connectivity index (χ2n) is 7.87. The molecule has 0 atom stereocenters. The van der Waals surface area contributed by atoms with Crippen LogP contribution in [-0.4, -0.2) is 21.4 Å². The van der Waals surface area contributed by atoms with Crippen molar-refractivity contribution in [2.45, 2.75) is 19.5 Å². The van der Waals surface area contributed by atoms with Gasteiger partial charge < -0.3 is 9.72 Å². The highest BCUT2D eigenvalue weighted by molar-refractivity contribution is 6.30. The predicted octanol–water partition coefficient (Wildman–Crippen LogP) is 5.44. The number of nitrogens with one attached hydrogen (secondary N) is 1. The zero-order valence-corrected chi connectivity index (χ0v) is 18.2. The number of hydrogen-bond acceptors (Lipinski definition) is 4. The van der Waals surface area contributed by atoms with E-state index in [2.05, 4.69) is 22.0 Å². The van der Waals surface area contributed by atoms with E-state index in [4.69, 9.17) is 21.3 Å². The monoisotopic (exact) mass is 443 g/mol. The number of para-hydroxylation sites is 1. The molecule has 0 radical (unpaired) electrons. The predicted molar refractivity (Wildman–Crippen MR) is 126 cm³/mol. The highest BCUT2D eigenvalue weighted by Crippen LogP contribution is 2.24. The lowest BCUT2D eigenvalue weighted by Crippen LogP contribution is -2.35. The fourth-order valence-corrected chi connectivity index (χ4v) is 4.03. The minimum atomic E-state index is -0.0729. The zero-order valence-electron chi connectivity index (χ0n) is 17.4. The number of aromatic nitrogens is 2. The Kier molecular flexibility index (Phi) is 5.75. The Labute approximate surface area is 191 Å². The second kappa shape index (κ2) is 8.99. The van der Waals surface area contributed by atoms with Gasteiger partial charge in [-0.2, -0.15) is 0 Å². The second-order valence-corrected chi connectivity index (χ2v) is 8.30. The lowest BCUT2D eigenvalue weighted by Gasteiger charge is -2.27. The van der Waals surface area contributed by atoms with Crippen molar-refractivity contribution in [3.8, 4) is 22.9 Å². The average molecular weight is 444 g/mol. The molecule has 4 aromatic rings. The Morgan fingerprint density at radius 2 is 1.66 bits per heavy atom. The van der Waals surface area contributed by atoms with Crippen molar-refractivity contribution < 1.29 is 4.74 Å². The van der Waals surface area contributed by atoms with Gasteiger partial charge in [-0.1, -0.05) is 41.9 Å². The van der Waals surface area contributed by atoms with Crippen LogP contribution in [0.4, 0.5) is 0 Å². The summed E-state index contributed by atoms with van der Waals surface area (Å²) in [5.41, 5.74) is 3.58. The molecular formula is C26H22ClN3O2. The molecule has 5 nitrogen and oxygen atoms in total. The number of halogens is 1. The van der Waals surface area contributed by atoms with E-state index in [-0.39, 0.29) is 5.56 Å². The summed E-state index contributed by atoms with van der Waals surface area (Å²) >= 11 is 5.97. The van der Waals surface area contributed by atoms with Crippen molar-refractivity contribution in [2.24, 2.45) is 0 Å². The Morgan fingerprint density at radius 1 is 0.938 bits per heavy atom. The number of aromatic amines is 1. The molecule has 0 saturated heterocycles. The van der Waals surface area contributed by atoms with E-state index in [0.29, 0.717) is 17.4 Å². The van der Waals surface area contributed by atoms with Gasteiger partial charge in [0.1, 0.15) is 17.3 Å². The van der Waals surface area contributed by atoms with Crippen molar-refractivity contribution in [3.63, 3.8) is 0 Å². The van der Waals surface area contributed by atoms with Crippen LogP contribution in [0.15, 0.2) is 83.7 Å². The molecule has 5 rings (SSSR count). The van der Waals surface area contributed by atoms with Crippen LogP contribution in [-0.2, 0) is 19.5 Å². The summed E-state index contributed by atoms with van der Waals surface area (Å²) in [6, 6.07) is 25.2. The van der Waals surface area contributed by atoms with Crippen LogP contribution in [0.1, 0.15) is 16.8 Å². The topological polar surface area (TPSA) is 58.2 Å². The van der Waals surface area contributed by atoms with Crippen LogP contribution in [0.25, 0.3) is 11.4 Å². The molecule has 6 heteroatoms. The Morgan fingerprint density at radius 3 is 2.41 bits per heavy atom. The molecule has 3 aromatic carbocycles. The van der Waals surface area contributed by atoms with Gasteiger partial charge >= 0.3 is 0 Å². The van der Waals surface area contributed by atoms with Gasteiger partial charge in [-0.15, -0.1) is 0 Å². The van der Waals surface area contributed by atoms with E-state index >= 15 is 0 Å². The maximum atomic E-state index is 12.8. The lowest BCUT2D eigenvalue weighted by molar-refractivity contribution is 0.242. The Hall–Kier alpha value is -3.41. The van der Waals surface area contributed by atoms with E-state index in [1.54, 1.807) is 12.1 Å². The Bertz CT molecular complexity index is 1270. The summed E-state index contributed by atoms with van der Waals surface area (Å²) in [7, 11) is 0. The van der Waals surface area contributed by atoms with Crippen molar-refractivity contribution >= 4 is 11.6 Å². The first kappa shape index (κ1) is 20.5. The molecule has 0 unspecified atom stereocenters. The van der Waals surface area contributed by atoms with Crippen LogP contribution < -0.4 is 10.3 Å². The molecule has 0 spiro atoms. The molecule has 2 heterocycles. The minimum Gasteiger partial charge on any atom is -0.457 e. The van der Waals surface area contributed by atoms with Gasteiger partial charge in [0, 0.05) is 36.6 Å². The fourth-order valence-electron chi connectivity index (χ4n) is 3.91. The molecule has 1 aliphatic heterocycles. The maximum Gasteiger partial charge on any atom is 0.255 e. The molecule has 0 bridgehead atoms. The first-order chi connectivity index (χ1) is 15.6. The molecule has 1 N–H and O–H groups in total. The van der Waals surface area contributed by atoms with E-state index in [0.717, 1.165) is 47.8 Å². The van der Waals surface area contributed by atoms with Crippen LogP contribution in [0.2, 0.25) is 5.02 Å². The van der Waals surface area contributed by atoms with Gasteiger partial charge in [-0.25, -0.2) is 4.98 Å². The quantitative estimate of drug-likeness (QED) is 0.446. The molecule has 160 valence electrons. The third-order valence-electron chi connectivity index (χ3n) is 5.57. The lowest BCUT2D eigenvalue weighted by atomic mass is 10.1. The number of rotatable bonds is 5. The first-order valence-corrected chi connectivity index (χ1v) is 10.9. The third-order valence-corrected chi connectivity index (χ3v) is 5.83. The van der Waals surface area contributed by atoms with E-state index < -0.39 is 0 Å². The number of fused-ring (bicyclic) bond motifs is 1. The fraction of sp³-hybridized carbons (Fsp3) is 0.154. The van der Waals surface area contributed by atoms with Crippen LogP contribution >= 0.6 is 11.6 Å². The zero-order chi connectivity index (χ0) is 21.9. The first-order valence-electron chi connectivity index (χ1n) is 10.6. The van der Waals surface area contributed by atoms with Crippen molar-refractivity contribution in [1.29, 1.82) is 0 Å². The summed E-state index contributed by atoms with van der Waals surface area (Å²) in [6.45, 7) is 2.20. The summed E-state index contributed by atoms with van der Waals surface area (Å²) in [5.74, 6) is 2.21. The Balaban J connectivity index is 1.27. The van der Waals surface area contributed by atoms with E-state index in [9.17, 15) is 4.79 Å². The molecule has 32 heavy (non-hydrogen) atoms. The SMILES string of the molecule is O=c1[nH]c(-c2ccc(Cl)cc2)nc2c1CN(Cc1ccc(Oc3ccccc3)cc1)CC2. The summed E-state index contributed by atoms with van der Waals surface area (Å²) in [4.78, 5) is 22.7. The number of nitrogens with zero attached hydrogens (tertiary/aromatic N) is 2. The standard InChI is InChI=1S/C26H22ClN3O2/c27-20-10-8-19(9-11-20)25-28-24-14-15-30(17-23(24)26(31)29-25)16-18-6-12-22(13-7-18)32-21-4-2-1-3-5-21/h1-13H,14-17H2,(H,28,29,31). The highest BCUT2D eigenvalue weighted by Gasteiger charge is 2.21. The van der Waals surface area contributed by atoms with Crippen LogP contribution in [0.5, 0.6) is 11.5 Å². The van der Waals surface area contributed by atoms with Gasteiger partial charge in [0.2, 0.25) is 0 Å². The molecular weight excluding hydrogens is 422 g/mol. The van der Waals surface area contributed by atoms with Crippen molar-refractivity contribution in [2.75, 3.05) is 6.54 Å². The summed E-state index contributed by atoms with van der Waals surface area (Å²) in [6.07, 6.45) is 0.745. The molecule has 0 fully saturated rings. The summed E-state index contributed by atoms with van der Waals surface area (Å²) in [5, 5.41) is 0.657. The van der Waals surface area contributed by atoms with Crippen LogP contribution in [0.3, 0.4) is 0 Å². The highest BCUT2D eigenvalue weighted by atomic mass is 35.5. The van der Waals surface area contributed by atoms with Gasteiger partial charge in [-0.05, 0) is 54.1 Å². The summed E-state index contributed by atoms with van der Waals surface area (Å²) < 4.78 is 5.87. The van der Waals surface area contributed by atoms with Crippen molar-refractivity contribution in [3.05, 3.63) is 111 Å². The van der Waals surface area contributed by atoms with Crippen molar-refractivity contribution in [1.82, 2.24) is 14.9 Å². The largest absolute Gasteiger partial charge is 0.457 e.